The third-order valence-corrected chi connectivity index (χ3v) is 7.60. The van der Waals surface area contributed by atoms with E-state index in [4.69, 9.17) is 0 Å². The zero-order valence-corrected chi connectivity index (χ0v) is 16.7. The molecule has 3 rings (SSSR count). The summed E-state index contributed by atoms with van der Waals surface area (Å²) in [6, 6.07) is 13.7. The first kappa shape index (κ1) is 19.3. The normalized spacial score (nSPS) is 12.5. The number of benzene rings is 1. The van der Waals surface area contributed by atoms with Crippen molar-refractivity contribution in [3.63, 3.8) is 0 Å². The number of carbonyl (C=O) groups is 1. The lowest BCUT2D eigenvalue weighted by Crippen LogP contribution is -2.32. The molecular formula is C20H20N2O3S2. The van der Waals surface area contributed by atoms with Crippen LogP contribution in [0.4, 0.5) is 0 Å². The summed E-state index contributed by atoms with van der Waals surface area (Å²) in [6.45, 7) is 3.80. The molecule has 1 atom stereocenters. The Labute approximate surface area is 163 Å². The molecule has 7 heteroatoms. The molecule has 0 unspecified atom stereocenters. The van der Waals surface area contributed by atoms with E-state index in [1.54, 1.807) is 42.5 Å². The van der Waals surface area contributed by atoms with Crippen LogP contribution in [0.3, 0.4) is 0 Å². The van der Waals surface area contributed by atoms with E-state index in [1.807, 2.05) is 25.3 Å². The Bertz CT molecular complexity index is 1030. The second kappa shape index (κ2) is 8.02. The van der Waals surface area contributed by atoms with Crippen LogP contribution in [-0.2, 0) is 9.84 Å². The SMILES string of the molecule is Cc1ccc(S(=O)(=O)[C@H](CNC(=O)c2ccccn2)c2cccs2)cc1C. The van der Waals surface area contributed by atoms with Gasteiger partial charge in [0, 0.05) is 17.6 Å². The quantitative estimate of drug-likeness (QED) is 0.684. The lowest BCUT2D eigenvalue weighted by molar-refractivity contribution is 0.0949. The van der Waals surface area contributed by atoms with Crippen molar-refractivity contribution in [2.24, 2.45) is 0 Å². The first-order valence-electron chi connectivity index (χ1n) is 8.43. The van der Waals surface area contributed by atoms with Gasteiger partial charge in [0.1, 0.15) is 10.9 Å². The van der Waals surface area contributed by atoms with Crippen molar-refractivity contribution >= 4 is 27.1 Å². The zero-order valence-electron chi connectivity index (χ0n) is 15.0. The van der Waals surface area contributed by atoms with E-state index in [-0.39, 0.29) is 17.1 Å². The number of sulfone groups is 1. The number of hydrogen-bond acceptors (Lipinski definition) is 5. The second-order valence-corrected chi connectivity index (χ2v) is 9.33. The number of nitrogens with one attached hydrogen (secondary N) is 1. The summed E-state index contributed by atoms with van der Waals surface area (Å²) < 4.78 is 26.6. The predicted molar refractivity (Wildman–Crippen MR) is 107 cm³/mol. The fraction of sp³-hybridized carbons (Fsp3) is 0.200. The van der Waals surface area contributed by atoms with Gasteiger partial charge in [-0.1, -0.05) is 18.2 Å². The number of amides is 1. The van der Waals surface area contributed by atoms with Gasteiger partial charge in [-0.05, 0) is 60.7 Å². The number of carbonyl (C=O) groups excluding carboxylic acids is 1. The molecule has 0 radical (unpaired) electrons. The van der Waals surface area contributed by atoms with Gasteiger partial charge in [0.05, 0.1) is 4.90 Å². The largest absolute Gasteiger partial charge is 0.349 e. The van der Waals surface area contributed by atoms with Gasteiger partial charge in [0.15, 0.2) is 9.84 Å². The van der Waals surface area contributed by atoms with Crippen molar-refractivity contribution in [1.29, 1.82) is 0 Å². The molecule has 1 N–H and O–H groups in total. The van der Waals surface area contributed by atoms with Gasteiger partial charge in [0.25, 0.3) is 5.91 Å². The molecule has 0 aliphatic heterocycles. The highest BCUT2D eigenvalue weighted by Gasteiger charge is 2.31. The summed E-state index contributed by atoms with van der Waals surface area (Å²) in [4.78, 5) is 17.3. The van der Waals surface area contributed by atoms with Gasteiger partial charge >= 0.3 is 0 Å². The summed E-state index contributed by atoms with van der Waals surface area (Å²) in [5.74, 6) is -0.396. The van der Waals surface area contributed by atoms with Crippen molar-refractivity contribution in [1.82, 2.24) is 10.3 Å². The molecule has 5 nitrogen and oxygen atoms in total. The lowest BCUT2D eigenvalue weighted by Gasteiger charge is -2.18. The average Bonchev–Trinajstić information content (AvgIpc) is 3.18. The predicted octanol–water partition coefficient (Wildman–Crippen LogP) is 3.70. The fourth-order valence-electron chi connectivity index (χ4n) is 2.67. The minimum absolute atomic E-state index is 0.0226. The van der Waals surface area contributed by atoms with Gasteiger partial charge in [-0.15, -0.1) is 11.3 Å². The molecule has 3 aromatic rings. The number of nitrogens with zero attached hydrogens (tertiary/aromatic N) is 1. The molecule has 0 aliphatic carbocycles. The topological polar surface area (TPSA) is 76.1 Å². The first-order valence-corrected chi connectivity index (χ1v) is 10.9. The number of thiophene rings is 1. The summed E-state index contributed by atoms with van der Waals surface area (Å²) in [6.07, 6.45) is 1.53. The van der Waals surface area contributed by atoms with E-state index in [0.717, 1.165) is 11.1 Å². The molecule has 0 bridgehead atoms. The van der Waals surface area contributed by atoms with E-state index in [2.05, 4.69) is 10.3 Å². The Morgan fingerprint density at radius 2 is 1.93 bits per heavy atom. The van der Waals surface area contributed by atoms with Crippen LogP contribution in [0.15, 0.2) is 65.0 Å². The van der Waals surface area contributed by atoms with Crippen LogP contribution >= 0.6 is 11.3 Å². The maximum absolute atomic E-state index is 13.3. The Morgan fingerprint density at radius 1 is 1.11 bits per heavy atom. The van der Waals surface area contributed by atoms with Crippen molar-refractivity contribution in [2.45, 2.75) is 24.0 Å². The van der Waals surface area contributed by atoms with Gasteiger partial charge in [-0.2, -0.15) is 0 Å². The van der Waals surface area contributed by atoms with Crippen LogP contribution in [0, 0.1) is 13.8 Å². The van der Waals surface area contributed by atoms with Crippen molar-refractivity contribution in [3.05, 3.63) is 81.8 Å². The van der Waals surface area contributed by atoms with Gasteiger partial charge < -0.3 is 5.32 Å². The Morgan fingerprint density at radius 3 is 2.56 bits per heavy atom. The van der Waals surface area contributed by atoms with Gasteiger partial charge in [-0.25, -0.2) is 8.42 Å². The molecule has 1 aromatic carbocycles. The van der Waals surface area contributed by atoms with Crippen molar-refractivity contribution in [2.75, 3.05) is 6.54 Å². The van der Waals surface area contributed by atoms with E-state index < -0.39 is 21.0 Å². The molecule has 140 valence electrons. The molecule has 0 aliphatic rings. The average molecular weight is 401 g/mol. The minimum atomic E-state index is -3.67. The zero-order chi connectivity index (χ0) is 19.4. The molecule has 27 heavy (non-hydrogen) atoms. The van der Waals surface area contributed by atoms with Gasteiger partial charge in [0.2, 0.25) is 0 Å². The van der Waals surface area contributed by atoms with E-state index in [0.29, 0.717) is 4.88 Å². The monoisotopic (exact) mass is 400 g/mol. The van der Waals surface area contributed by atoms with Crippen LogP contribution in [0.5, 0.6) is 0 Å². The standard InChI is InChI=1S/C20H20N2O3S2/c1-14-8-9-16(12-15(14)2)27(24,25)19(18-7-5-11-26-18)13-22-20(23)17-6-3-4-10-21-17/h3-12,19H,13H2,1-2H3,(H,22,23)/t19-/m1/s1. The summed E-state index contributed by atoms with van der Waals surface area (Å²) in [5.41, 5.74) is 2.20. The molecule has 2 aromatic heterocycles. The highest BCUT2D eigenvalue weighted by atomic mass is 32.2. The maximum Gasteiger partial charge on any atom is 0.269 e. The number of pyridine rings is 1. The smallest absolute Gasteiger partial charge is 0.269 e. The second-order valence-electron chi connectivity index (χ2n) is 6.22. The Balaban J connectivity index is 1.90. The lowest BCUT2D eigenvalue weighted by atomic mass is 10.1. The third-order valence-electron chi connectivity index (χ3n) is 4.39. The molecule has 0 saturated carbocycles. The van der Waals surface area contributed by atoms with Gasteiger partial charge in [-0.3, -0.25) is 9.78 Å². The molecule has 2 heterocycles. The van der Waals surface area contributed by atoms with Crippen LogP contribution < -0.4 is 5.32 Å². The number of aryl methyl sites for hydroxylation is 2. The first-order chi connectivity index (χ1) is 12.9. The highest BCUT2D eigenvalue weighted by Crippen LogP contribution is 2.32. The van der Waals surface area contributed by atoms with Crippen LogP contribution in [-0.4, -0.2) is 25.9 Å². The van der Waals surface area contributed by atoms with E-state index >= 15 is 0 Å². The molecule has 0 fully saturated rings. The third kappa shape index (κ3) is 4.26. The van der Waals surface area contributed by atoms with Crippen LogP contribution in [0.1, 0.15) is 31.7 Å². The van der Waals surface area contributed by atoms with Crippen LogP contribution in [0.2, 0.25) is 0 Å². The maximum atomic E-state index is 13.3. The van der Waals surface area contributed by atoms with Crippen molar-refractivity contribution < 1.29 is 13.2 Å². The Kier molecular flexibility index (Phi) is 5.72. The van der Waals surface area contributed by atoms with Crippen molar-refractivity contribution in [3.8, 4) is 0 Å². The minimum Gasteiger partial charge on any atom is -0.349 e. The molecule has 1 amide bonds. The molecular weight excluding hydrogens is 380 g/mol. The number of hydrogen-bond donors (Lipinski definition) is 1. The summed E-state index contributed by atoms with van der Waals surface area (Å²) in [5, 5.41) is 3.69. The fourth-order valence-corrected chi connectivity index (χ4v) is 5.53. The molecule has 0 saturated heterocycles. The number of aromatic nitrogens is 1. The highest BCUT2D eigenvalue weighted by molar-refractivity contribution is 7.91. The summed E-state index contributed by atoms with van der Waals surface area (Å²) in [7, 11) is -3.67. The number of rotatable bonds is 6. The molecule has 0 spiro atoms. The Hall–Kier alpha value is -2.51. The van der Waals surface area contributed by atoms with E-state index in [1.165, 1.54) is 17.5 Å². The van der Waals surface area contributed by atoms with Crippen LogP contribution in [0.25, 0.3) is 0 Å². The summed E-state index contributed by atoms with van der Waals surface area (Å²) >= 11 is 1.36. The van der Waals surface area contributed by atoms with E-state index in [9.17, 15) is 13.2 Å².